The zero-order valence-electron chi connectivity index (χ0n) is 19.4. The highest BCUT2D eigenvalue weighted by molar-refractivity contribution is 6.58. The SMILES string of the molecule is [B]C([B])([B])Oc1c(Oc2cc(Cl)cc(Cl)c2C(=O)Nc2ccnc(C(=O)OC)c2)ccc(OC(F)(F)F)c1F. The van der Waals surface area contributed by atoms with Crippen molar-refractivity contribution >= 4 is 64.3 Å². The highest BCUT2D eigenvalue weighted by Gasteiger charge is 2.34. The van der Waals surface area contributed by atoms with Gasteiger partial charge in [0.25, 0.3) is 5.91 Å². The zero-order chi connectivity index (χ0) is 29.1. The van der Waals surface area contributed by atoms with E-state index >= 15 is 0 Å². The third-order valence-electron chi connectivity index (χ3n) is 4.41. The van der Waals surface area contributed by atoms with Crippen molar-refractivity contribution < 1.29 is 46.1 Å². The summed E-state index contributed by atoms with van der Waals surface area (Å²) in [4.78, 5) is 28.7. The molecule has 17 heteroatoms. The fourth-order valence-corrected chi connectivity index (χ4v) is 3.52. The van der Waals surface area contributed by atoms with E-state index in [9.17, 15) is 27.2 Å². The minimum absolute atomic E-state index is 0.0470. The average molecular weight is 579 g/mol. The van der Waals surface area contributed by atoms with E-state index in [1.54, 1.807) is 0 Å². The molecule has 0 spiro atoms. The number of benzene rings is 2. The molecule has 1 aromatic heterocycles. The molecule has 196 valence electrons. The van der Waals surface area contributed by atoms with Gasteiger partial charge >= 0.3 is 12.3 Å². The minimum Gasteiger partial charge on any atom is -0.510 e. The molecular weight excluding hydrogens is 568 g/mol. The molecule has 1 heterocycles. The number of ether oxygens (including phenoxy) is 4. The number of alkyl halides is 3. The number of carbonyl (C=O) groups excluding carboxylic acids is 2. The van der Waals surface area contributed by atoms with E-state index in [2.05, 4.69) is 19.8 Å². The molecule has 0 aliphatic heterocycles. The van der Waals surface area contributed by atoms with Gasteiger partial charge in [0.15, 0.2) is 17.2 Å². The van der Waals surface area contributed by atoms with Crippen LogP contribution >= 0.6 is 23.2 Å². The number of rotatable bonds is 8. The van der Waals surface area contributed by atoms with Crippen LogP contribution in [0.2, 0.25) is 10.0 Å². The van der Waals surface area contributed by atoms with Gasteiger partial charge in [-0.15, -0.1) is 13.2 Å². The molecule has 0 saturated heterocycles. The number of aromatic nitrogens is 1. The van der Waals surface area contributed by atoms with Gasteiger partial charge in [-0.05, 0) is 35.6 Å². The van der Waals surface area contributed by atoms with Crippen LogP contribution < -0.4 is 19.5 Å². The van der Waals surface area contributed by atoms with Crippen molar-refractivity contribution in [1.29, 1.82) is 0 Å². The Hall–Kier alpha value is -3.58. The zero-order valence-corrected chi connectivity index (χ0v) is 20.9. The van der Waals surface area contributed by atoms with E-state index in [1.807, 2.05) is 0 Å². The van der Waals surface area contributed by atoms with Gasteiger partial charge in [-0.25, -0.2) is 9.78 Å². The quantitative estimate of drug-likeness (QED) is 0.234. The first-order valence-electron chi connectivity index (χ1n) is 10.2. The maximum Gasteiger partial charge on any atom is 0.573 e. The summed E-state index contributed by atoms with van der Waals surface area (Å²) in [6.45, 7) is 0. The number of hydrogen-bond acceptors (Lipinski definition) is 7. The predicted octanol–water partition coefficient (Wildman–Crippen LogP) is 4.75. The van der Waals surface area contributed by atoms with Gasteiger partial charge in [-0.1, -0.05) is 23.2 Å². The van der Waals surface area contributed by atoms with Crippen LogP contribution in [0.25, 0.3) is 0 Å². The Morgan fingerprint density at radius 2 is 1.64 bits per heavy atom. The van der Waals surface area contributed by atoms with E-state index in [0.717, 1.165) is 19.2 Å². The lowest BCUT2D eigenvalue weighted by Gasteiger charge is -2.26. The van der Waals surface area contributed by atoms with Crippen LogP contribution in [0.4, 0.5) is 23.2 Å². The molecule has 0 bridgehead atoms. The lowest BCUT2D eigenvalue weighted by molar-refractivity contribution is -0.275. The highest BCUT2D eigenvalue weighted by atomic mass is 35.5. The molecule has 0 aliphatic rings. The Morgan fingerprint density at radius 3 is 2.26 bits per heavy atom. The van der Waals surface area contributed by atoms with Crippen molar-refractivity contribution in [3.63, 3.8) is 0 Å². The Balaban J connectivity index is 2.05. The lowest BCUT2D eigenvalue weighted by atomic mass is 9.52. The van der Waals surface area contributed by atoms with Crippen LogP contribution in [-0.2, 0) is 4.74 Å². The number of nitrogens with one attached hydrogen (secondary N) is 1. The van der Waals surface area contributed by atoms with Crippen molar-refractivity contribution in [2.75, 3.05) is 12.4 Å². The topological polar surface area (TPSA) is 96.0 Å². The predicted molar refractivity (Wildman–Crippen MR) is 134 cm³/mol. The Morgan fingerprint density at radius 1 is 0.974 bits per heavy atom. The van der Waals surface area contributed by atoms with Crippen molar-refractivity contribution in [3.05, 3.63) is 69.7 Å². The number of esters is 1. The normalized spacial score (nSPS) is 11.5. The third kappa shape index (κ3) is 7.96. The number of carbonyl (C=O) groups is 2. The van der Waals surface area contributed by atoms with Gasteiger partial charge in [-0.2, -0.15) is 4.39 Å². The van der Waals surface area contributed by atoms with Crippen LogP contribution in [-0.4, -0.2) is 59.2 Å². The lowest BCUT2D eigenvalue weighted by Crippen LogP contribution is -2.38. The molecule has 2 aromatic carbocycles. The van der Waals surface area contributed by atoms with Gasteiger partial charge < -0.3 is 24.3 Å². The Labute approximate surface area is 232 Å². The van der Waals surface area contributed by atoms with Gasteiger partial charge in [0.05, 0.1) is 12.1 Å². The van der Waals surface area contributed by atoms with E-state index < -0.39 is 52.4 Å². The molecule has 39 heavy (non-hydrogen) atoms. The molecule has 0 fully saturated rings. The Bertz CT molecular complexity index is 1420. The number of pyridine rings is 1. The highest BCUT2D eigenvalue weighted by Crippen LogP contribution is 2.43. The largest absolute Gasteiger partial charge is 0.573 e. The minimum atomic E-state index is -5.27. The molecule has 3 aromatic rings. The second-order valence-electron chi connectivity index (χ2n) is 7.45. The number of amides is 1. The molecule has 1 N–H and O–H groups in total. The second-order valence-corrected chi connectivity index (χ2v) is 8.29. The molecular formula is C22H11B3Cl2F4N2O6. The van der Waals surface area contributed by atoms with E-state index in [4.69, 9.17) is 56.2 Å². The summed E-state index contributed by atoms with van der Waals surface area (Å²) >= 11 is 12.3. The number of hydrogen-bond donors (Lipinski definition) is 1. The van der Waals surface area contributed by atoms with Crippen molar-refractivity contribution in [2.24, 2.45) is 0 Å². The van der Waals surface area contributed by atoms with Crippen molar-refractivity contribution in [2.45, 2.75) is 11.7 Å². The standard InChI is InChI=1S/C22H11B3Cl2F4N2O6/c1-36-20(35)12-8-10(4-5-32-12)33-19(34)16-11(27)6-9(26)7-15(16)37-14-3-2-13(38-22(29,30)31)17(28)18(14)39-21(23,24)25/h2-8H,1H3,(H,32,33,34). The average Bonchev–Trinajstić information content (AvgIpc) is 2.81. The van der Waals surface area contributed by atoms with E-state index in [1.165, 1.54) is 24.4 Å². The molecule has 0 aliphatic carbocycles. The number of anilines is 1. The van der Waals surface area contributed by atoms with Gasteiger partial charge in [0, 0.05) is 23.0 Å². The Kier molecular flexibility index (Phi) is 8.96. The summed E-state index contributed by atoms with van der Waals surface area (Å²) in [6, 6.07) is 6.19. The van der Waals surface area contributed by atoms with Gasteiger partial charge in [-0.3, -0.25) is 4.79 Å². The van der Waals surface area contributed by atoms with Crippen LogP contribution in [0, 0.1) is 5.82 Å². The summed E-state index contributed by atoms with van der Waals surface area (Å²) < 4.78 is 71.7. The first-order valence-corrected chi connectivity index (χ1v) is 11.0. The maximum absolute atomic E-state index is 15.0. The van der Waals surface area contributed by atoms with Crippen molar-refractivity contribution in [1.82, 2.24) is 4.98 Å². The molecule has 8 nitrogen and oxygen atoms in total. The van der Waals surface area contributed by atoms with Crippen molar-refractivity contribution in [3.8, 4) is 23.0 Å². The van der Waals surface area contributed by atoms with Crippen LogP contribution in [0.15, 0.2) is 42.6 Å². The van der Waals surface area contributed by atoms with Gasteiger partial charge in [0.1, 0.15) is 40.5 Å². The summed E-state index contributed by atoms with van der Waals surface area (Å²) in [7, 11) is 17.1. The van der Waals surface area contributed by atoms with E-state index in [0.29, 0.717) is 6.07 Å². The second kappa shape index (κ2) is 11.7. The first-order chi connectivity index (χ1) is 18.1. The molecule has 0 saturated carbocycles. The first kappa shape index (κ1) is 30.0. The third-order valence-corrected chi connectivity index (χ3v) is 4.92. The summed E-state index contributed by atoms with van der Waals surface area (Å²) in [5.74, 6) is -6.88. The summed E-state index contributed by atoms with van der Waals surface area (Å²) in [5, 5.41) is -0.418. The summed E-state index contributed by atoms with van der Waals surface area (Å²) in [6.07, 6.45) is -4.05. The summed E-state index contributed by atoms with van der Waals surface area (Å²) in [5.41, 5.74) is -0.393. The van der Waals surface area contributed by atoms with Crippen LogP contribution in [0.3, 0.4) is 0 Å². The molecule has 1 amide bonds. The van der Waals surface area contributed by atoms with E-state index in [-0.39, 0.29) is 27.0 Å². The number of methoxy groups -OCH3 is 1. The molecule has 0 atom stereocenters. The number of nitrogens with zero attached hydrogens (tertiary/aromatic N) is 1. The van der Waals surface area contributed by atoms with Crippen LogP contribution in [0.5, 0.6) is 23.0 Å². The molecule has 6 radical (unpaired) electrons. The number of halogens is 6. The maximum atomic E-state index is 15.0. The smallest absolute Gasteiger partial charge is 0.510 e. The van der Waals surface area contributed by atoms with Crippen LogP contribution in [0.1, 0.15) is 20.8 Å². The van der Waals surface area contributed by atoms with Gasteiger partial charge in [0.2, 0.25) is 5.82 Å². The molecule has 3 rings (SSSR count). The molecule has 0 unspecified atom stereocenters. The fourth-order valence-electron chi connectivity index (χ4n) is 2.96. The monoisotopic (exact) mass is 578 g/mol. The fraction of sp³-hybridized carbons (Fsp3) is 0.136.